The highest BCUT2D eigenvalue weighted by Crippen LogP contribution is 2.54. The summed E-state index contributed by atoms with van der Waals surface area (Å²) in [7, 11) is 1.75. The number of aromatic nitrogens is 3. The van der Waals surface area contributed by atoms with Crippen LogP contribution in [0.4, 0.5) is 5.13 Å². The van der Waals surface area contributed by atoms with Gasteiger partial charge in [0, 0.05) is 38.2 Å². The molecular weight excluding hydrogens is 424 g/mol. The van der Waals surface area contributed by atoms with Gasteiger partial charge in [0.05, 0.1) is 24.4 Å². The van der Waals surface area contributed by atoms with Crippen LogP contribution in [0.1, 0.15) is 33.0 Å². The van der Waals surface area contributed by atoms with Gasteiger partial charge >= 0.3 is 0 Å². The smallest absolute Gasteiger partial charge is 0.290 e. The number of amides is 2. The Bertz CT molecular complexity index is 992. The molecular formula is C19H24N6O5S. The van der Waals surface area contributed by atoms with Crippen LogP contribution in [0.15, 0.2) is 18.5 Å². The van der Waals surface area contributed by atoms with Crippen LogP contribution < -0.4 is 11.1 Å². The van der Waals surface area contributed by atoms with E-state index >= 15 is 0 Å². The Morgan fingerprint density at radius 3 is 2.94 bits per heavy atom. The quantitative estimate of drug-likeness (QED) is 0.561. The number of carbonyl (C=O) groups is 3. The van der Waals surface area contributed by atoms with E-state index in [0.29, 0.717) is 35.3 Å². The second-order valence-electron chi connectivity index (χ2n) is 7.93. The summed E-state index contributed by atoms with van der Waals surface area (Å²) in [5.74, 6) is 0.258. The first-order valence-corrected chi connectivity index (χ1v) is 10.7. The number of ether oxygens (including phenoxy) is 1. The molecule has 166 valence electrons. The van der Waals surface area contributed by atoms with Crippen molar-refractivity contribution in [3.8, 4) is 0 Å². The van der Waals surface area contributed by atoms with E-state index in [1.165, 1.54) is 17.5 Å². The Morgan fingerprint density at radius 1 is 1.52 bits per heavy atom. The van der Waals surface area contributed by atoms with Crippen LogP contribution in [0, 0.1) is 11.8 Å². The summed E-state index contributed by atoms with van der Waals surface area (Å²) < 4.78 is 7.93. The van der Waals surface area contributed by atoms with E-state index in [1.54, 1.807) is 24.0 Å². The molecule has 3 aliphatic rings. The number of fused-ring (bicyclic) bond motifs is 1. The number of carboxylic acid groups (broad SMARTS) is 1. The lowest BCUT2D eigenvalue weighted by Crippen LogP contribution is -2.42. The zero-order chi connectivity index (χ0) is 22.2. The van der Waals surface area contributed by atoms with Gasteiger partial charge < -0.3 is 25.8 Å². The normalized spacial score (nSPS) is 28.0. The van der Waals surface area contributed by atoms with E-state index in [4.69, 9.17) is 20.4 Å². The standard InChI is InChI=1S/C18H22N6O3S.CH2O2/c1-23-12(3-5-22-23)15(25)20-6-10-11-8-24(9-18(11)4-2-13(10)27-18)16(26)14-7-21-17(19)28-14;2-1-3/h3,5,7,10-11,13H,2,4,6,8-9H2,1H3,(H2,19,21)(H,20,25);1H,(H,2,3)/t10-,11+,13+,18+;/m0./s1. The first-order valence-electron chi connectivity index (χ1n) is 9.91. The average molecular weight is 449 g/mol. The van der Waals surface area contributed by atoms with Crippen LogP contribution in [0.2, 0.25) is 0 Å². The number of likely N-dealkylation sites (tertiary alicyclic amines) is 1. The summed E-state index contributed by atoms with van der Waals surface area (Å²) in [6.07, 6.45) is 5.23. The monoisotopic (exact) mass is 448 g/mol. The Morgan fingerprint density at radius 2 is 2.29 bits per heavy atom. The molecule has 3 fully saturated rings. The molecule has 3 saturated heterocycles. The summed E-state index contributed by atoms with van der Waals surface area (Å²) in [5.41, 5.74) is 5.93. The van der Waals surface area contributed by atoms with Crippen molar-refractivity contribution < 1.29 is 24.2 Å². The lowest BCUT2D eigenvalue weighted by molar-refractivity contribution is -0.122. The number of nitrogens with two attached hydrogens (primary N) is 1. The Kier molecular flexibility index (Phi) is 5.67. The van der Waals surface area contributed by atoms with Crippen molar-refractivity contribution in [2.45, 2.75) is 24.5 Å². The zero-order valence-electron chi connectivity index (χ0n) is 16.9. The van der Waals surface area contributed by atoms with Crippen LogP contribution in [-0.4, -0.2) is 74.4 Å². The predicted octanol–water partition coefficient (Wildman–Crippen LogP) is 0.209. The van der Waals surface area contributed by atoms with Gasteiger partial charge in [-0.3, -0.25) is 19.1 Å². The van der Waals surface area contributed by atoms with Gasteiger partial charge in [0.25, 0.3) is 18.3 Å². The molecule has 0 radical (unpaired) electrons. The van der Waals surface area contributed by atoms with E-state index in [1.807, 2.05) is 4.90 Å². The van der Waals surface area contributed by atoms with Gasteiger partial charge in [-0.25, -0.2) is 4.98 Å². The van der Waals surface area contributed by atoms with Crippen molar-refractivity contribution in [1.29, 1.82) is 0 Å². The van der Waals surface area contributed by atoms with Gasteiger partial charge in [0.1, 0.15) is 10.6 Å². The molecule has 0 aliphatic carbocycles. The van der Waals surface area contributed by atoms with Gasteiger partial charge in [0.2, 0.25) is 0 Å². The average Bonchev–Trinajstić information content (AvgIpc) is 3.53. The molecule has 31 heavy (non-hydrogen) atoms. The fourth-order valence-corrected chi connectivity index (χ4v) is 5.71. The third-order valence-corrected chi connectivity index (χ3v) is 7.17. The first kappa shape index (κ1) is 21.2. The Labute approximate surface area is 182 Å². The highest BCUT2D eigenvalue weighted by Gasteiger charge is 2.63. The number of hydrogen-bond acceptors (Lipinski definition) is 8. The summed E-state index contributed by atoms with van der Waals surface area (Å²) in [4.78, 5) is 40.0. The minimum atomic E-state index is -0.279. The van der Waals surface area contributed by atoms with Crippen LogP contribution in [0.25, 0.3) is 0 Å². The lowest BCUT2D eigenvalue weighted by Gasteiger charge is -2.29. The molecule has 1 spiro atoms. The number of hydrogen-bond donors (Lipinski definition) is 3. The van der Waals surface area contributed by atoms with Crippen molar-refractivity contribution in [1.82, 2.24) is 25.0 Å². The largest absolute Gasteiger partial charge is 0.483 e. The summed E-state index contributed by atoms with van der Waals surface area (Å²) >= 11 is 1.21. The number of aryl methyl sites for hydroxylation is 1. The first-order chi connectivity index (χ1) is 14.9. The van der Waals surface area contributed by atoms with E-state index in [2.05, 4.69) is 15.4 Å². The molecule has 0 saturated carbocycles. The molecule has 3 aliphatic heterocycles. The molecule has 5 heterocycles. The molecule has 0 unspecified atom stereocenters. The van der Waals surface area contributed by atoms with Crippen LogP contribution >= 0.6 is 11.3 Å². The van der Waals surface area contributed by atoms with Crippen molar-refractivity contribution in [3.05, 3.63) is 29.0 Å². The molecule has 5 rings (SSSR count). The molecule has 4 N–H and O–H groups in total. The second-order valence-corrected chi connectivity index (χ2v) is 9.00. The molecule has 2 bridgehead atoms. The fourth-order valence-electron chi connectivity index (χ4n) is 5.06. The third kappa shape index (κ3) is 3.76. The number of nitrogen functional groups attached to an aromatic ring is 1. The summed E-state index contributed by atoms with van der Waals surface area (Å²) in [5, 5.41) is 14.4. The van der Waals surface area contributed by atoms with Crippen molar-refractivity contribution in [2.75, 3.05) is 25.4 Å². The molecule has 4 atom stereocenters. The Balaban J connectivity index is 0.000000730. The maximum Gasteiger partial charge on any atom is 0.290 e. The predicted molar refractivity (Wildman–Crippen MR) is 110 cm³/mol. The maximum atomic E-state index is 12.8. The molecule has 2 aromatic heterocycles. The molecule has 2 aromatic rings. The minimum absolute atomic E-state index is 0.0392. The van der Waals surface area contributed by atoms with Crippen LogP contribution in [-0.2, 0) is 16.6 Å². The van der Waals surface area contributed by atoms with Gasteiger partial charge in [-0.2, -0.15) is 5.10 Å². The van der Waals surface area contributed by atoms with Gasteiger partial charge in [-0.05, 0) is 18.9 Å². The summed E-state index contributed by atoms with van der Waals surface area (Å²) in [6, 6.07) is 1.70. The second kappa shape index (κ2) is 8.27. The number of nitrogens with one attached hydrogen (secondary N) is 1. The highest BCUT2D eigenvalue weighted by molar-refractivity contribution is 7.17. The Hall–Kier alpha value is -2.99. The molecule has 2 amide bonds. The van der Waals surface area contributed by atoms with E-state index in [9.17, 15) is 9.59 Å². The lowest BCUT2D eigenvalue weighted by atomic mass is 9.73. The van der Waals surface area contributed by atoms with E-state index in [-0.39, 0.29) is 41.8 Å². The summed E-state index contributed by atoms with van der Waals surface area (Å²) in [6.45, 7) is 1.52. The number of anilines is 1. The number of nitrogens with zero attached hydrogens (tertiary/aromatic N) is 4. The molecule has 11 nitrogen and oxygen atoms in total. The number of rotatable bonds is 4. The van der Waals surface area contributed by atoms with Crippen molar-refractivity contribution in [3.63, 3.8) is 0 Å². The van der Waals surface area contributed by atoms with E-state index in [0.717, 1.165) is 12.8 Å². The van der Waals surface area contributed by atoms with Crippen LogP contribution in [0.3, 0.4) is 0 Å². The fraction of sp³-hybridized carbons (Fsp3) is 0.526. The highest BCUT2D eigenvalue weighted by atomic mass is 32.1. The molecule has 12 heteroatoms. The van der Waals surface area contributed by atoms with Crippen LogP contribution in [0.5, 0.6) is 0 Å². The van der Waals surface area contributed by atoms with Gasteiger partial charge in [0.15, 0.2) is 5.13 Å². The van der Waals surface area contributed by atoms with Crippen molar-refractivity contribution in [2.24, 2.45) is 18.9 Å². The minimum Gasteiger partial charge on any atom is -0.483 e. The number of carbonyl (C=O) groups excluding carboxylic acids is 2. The van der Waals surface area contributed by atoms with Gasteiger partial charge in [-0.1, -0.05) is 11.3 Å². The molecule has 0 aromatic carbocycles. The van der Waals surface area contributed by atoms with Crippen molar-refractivity contribution >= 4 is 34.8 Å². The zero-order valence-corrected chi connectivity index (χ0v) is 17.7. The number of thiazole rings is 1. The maximum absolute atomic E-state index is 12.8. The van der Waals surface area contributed by atoms with E-state index < -0.39 is 0 Å². The van der Waals surface area contributed by atoms with Gasteiger partial charge in [-0.15, -0.1) is 0 Å². The SMILES string of the molecule is Cn1nccc1C(=O)NC[C@H]1[C@H]2CN(C(=O)c3cnc(N)s3)C[C@]23CC[C@H]1O3.O=CO. The third-order valence-electron chi connectivity index (χ3n) is 6.36. The topological polar surface area (TPSA) is 153 Å².